The van der Waals surface area contributed by atoms with E-state index in [4.69, 9.17) is 10.3 Å². The summed E-state index contributed by atoms with van der Waals surface area (Å²) < 4.78 is 5.26. The van der Waals surface area contributed by atoms with Gasteiger partial charge in [-0.15, -0.1) is 16.4 Å². The van der Waals surface area contributed by atoms with Crippen molar-refractivity contribution in [3.8, 4) is 10.7 Å². The minimum absolute atomic E-state index is 0.0450. The van der Waals surface area contributed by atoms with Gasteiger partial charge in [0.15, 0.2) is 0 Å². The predicted molar refractivity (Wildman–Crippen MR) is 72.7 cm³/mol. The molecule has 3 aromatic heterocycles. The molecule has 9 heteroatoms. The molecule has 3 heterocycles. The Morgan fingerprint density at radius 3 is 3.05 bits per heavy atom. The largest absolute Gasteiger partial charge is 0.368 e. The molecular weight excluding hydrogens is 284 g/mol. The molecule has 1 atom stereocenters. The Morgan fingerprint density at radius 2 is 2.37 bits per heavy atom. The lowest BCUT2D eigenvalue weighted by atomic mass is 10.4. The Balaban J connectivity index is 1.75. The molecular formula is C10H10N6OS2. The summed E-state index contributed by atoms with van der Waals surface area (Å²) in [5, 5.41) is 13.0. The first-order valence-corrected chi connectivity index (χ1v) is 7.20. The van der Waals surface area contributed by atoms with E-state index >= 15 is 0 Å². The second kappa shape index (κ2) is 5.02. The number of thioether (sulfide) groups is 1. The lowest BCUT2D eigenvalue weighted by Crippen LogP contribution is -1.90. The molecule has 7 nitrogen and oxygen atoms in total. The molecule has 0 amide bonds. The predicted octanol–water partition coefficient (Wildman–Crippen LogP) is 2.35. The van der Waals surface area contributed by atoms with Gasteiger partial charge in [-0.2, -0.15) is 9.97 Å². The van der Waals surface area contributed by atoms with E-state index in [1.165, 1.54) is 11.8 Å². The summed E-state index contributed by atoms with van der Waals surface area (Å²) >= 11 is 2.97. The Morgan fingerprint density at radius 1 is 1.47 bits per heavy atom. The highest BCUT2D eigenvalue weighted by atomic mass is 32.2. The Kier molecular flexibility index (Phi) is 3.22. The fraction of sp³-hybridized carbons (Fsp3) is 0.200. The van der Waals surface area contributed by atoms with Crippen LogP contribution in [0.2, 0.25) is 0 Å². The van der Waals surface area contributed by atoms with Gasteiger partial charge < -0.3 is 10.3 Å². The maximum Gasteiger partial charge on any atom is 0.240 e. The number of nitrogens with one attached hydrogen (secondary N) is 1. The van der Waals surface area contributed by atoms with Crippen LogP contribution in [0, 0.1) is 0 Å². The minimum atomic E-state index is -0.0450. The molecule has 3 aromatic rings. The van der Waals surface area contributed by atoms with Gasteiger partial charge in [-0.3, -0.25) is 0 Å². The van der Waals surface area contributed by atoms with Crippen LogP contribution in [0.1, 0.15) is 18.1 Å². The highest BCUT2D eigenvalue weighted by molar-refractivity contribution is 7.99. The standard InChI is InChI=1S/C10H10N6OS2/c1-5(19-10-13-9(11)14-15-10)8-12-7(16-17-8)6-3-2-4-18-6/h2-5H,1H3,(H3,11,13,14,15). The molecule has 0 aliphatic rings. The highest BCUT2D eigenvalue weighted by Crippen LogP contribution is 2.33. The molecule has 0 aromatic carbocycles. The highest BCUT2D eigenvalue weighted by Gasteiger charge is 2.18. The van der Waals surface area contributed by atoms with Gasteiger partial charge in [-0.25, -0.2) is 5.10 Å². The first kappa shape index (κ1) is 12.2. The van der Waals surface area contributed by atoms with Gasteiger partial charge in [-0.1, -0.05) is 23.0 Å². The van der Waals surface area contributed by atoms with E-state index in [0.717, 1.165) is 4.88 Å². The third kappa shape index (κ3) is 2.61. The number of aromatic nitrogens is 5. The van der Waals surface area contributed by atoms with Crippen LogP contribution in [0.25, 0.3) is 10.7 Å². The molecule has 0 radical (unpaired) electrons. The maximum atomic E-state index is 5.47. The van der Waals surface area contributed by atoms with Gasteiger partial charge in [0.2, 0.25) is 22.8 Å². The van der Waals surface area contributed by atoms with Crippen LogP contribution in [0.4, 0.5) is 5.95 Å². The number of aromatic amines is 1. The number of H-pyrrole nitrogens is 1. The van der Waals surface area contributed by atoms with Crippen LogP contribution >= 0.6 is 23.1 Å². The molecule has 3 rings (SSSR count). The van der Waals surface area contributed by atoms with Crippen molar-refractivity contribution in [2.75, 3.05) is 5.73 Å². The van der Waals surface area contributed by atoms with Crippen molar-refractivity contribution in [3.63, 3.8) is 0 Å². The van der Waals surface area contributed by atoms with Gasteiger partial charge in [-0.05, 0) is 18.4 Å². The number of nitrogen functional groups attached to an aromatic ring is 1. The number of hydrogen-bond donors (Lipinski definition) is 2. The smallest absolute Gasteiger partial charge is 0.240 e. The van der Waals surface area contributed by atoms with E-state index in [1.807, 2.05) is 24.4 Å². The molecule has 0 aliphatic carbocycles. The Hall–Kier alpha value is -1.87. The average molecular weight is 294 g/mol. The second-order valence-electron chi connectivity index (χ2n) is 3.70. The monoisotopic (exact) mass is 294 g/mol. The Bertz CT molecular complexity index is 661. The van der Waals surface area contributed by atoms with Crippen molar-refractivity contribution in [3.05, 3.63) is 23.4 Å². The van der Waals surface area contributed by atoms with Crippen LogP contribution in [0.5, 0.6) is 0 Å². The van der Waals surface area contributed by atoms with Crippen LogP contribution < -0.4 is 5.73 Å². The van der Waals surface area contributed by atoms with Crippen molar-refractivity contribution < 1.29 is 4.52 Å². The molecule has 98 valence electrons. The topological polar surface area (TPSA) is 107 Å². The van der Waals surface area contributed by atoms with Gasteiger partial charge >= 0.3 is 0 Å². The van der Waals surface area contributed by atoms with Gasteiger partial charge in [0.1, 0.15) is 0 Å². The molecule has 0 saturated heterocycles. The maximum absolute atomic E-state index is 5.47. The van der Waals surface area contributed by atoms with E-state index in [-0.39, 0.29) is 5.25 Å². The summed E-state index contributed by atoms with van der Waals surface area (Å²) in [6.45, 7) is 1.95. The number of nitrogens with zero attached hydrogens (tertiary/aromatic N) is 4. The van der Waals surface area contributed by atoms with Crippen molar-refractivity contribution in [1.82, 2.24) is 25.3 Å². The molecule has 0 saturated carbocycles. The van der Waals surface area contributed by atoms with Gasteiger partial charge in [0.05, 0.1) is 10.1 Å². The lowest BCUT2D eigenvalue weighted by Gasteiger charge is -2.00. The SMILES string of the molecule is CC(Sc1n[nH]c(N)n1)c1nc(-c2cccs2)no1. The second-order valence-corrected chi connectivity index (χ2v) is 5.95. The quantitative estimate of drug-likeness (QED) is 0.711. The first-order valence-electron chi connectivity index (χ1n) is 5.44. The number of nitrogens with two attached hydrogens (primary N) is 1. The molecule has 0 spiro atoms. The number of hydrogen-bond acceptors (Lipinski definition) is 8. The van der Waals surface area contributed by atoms with E-state index in [2.05, 4.69) is 25.3 Å². The van der Waals surface area contributed by atoms with Gasteiger partial charge in [0.25, 0.3) is 0 Å². The third-order valence-electron chi connectivity index (χ3n) is 2.30. The summed E-state index contributed by atoms with van der Waals surface area (Å²) in [5.74, 6) is 1.43. The molecule has 0 fully saturated rings. The molecule has 3 N–H and O–H groups in total. The average Bonchev–Trinajstić information content (AvgIpc) is 3.08. The van der Waals surface area contributed by atoms with Gasteiger partial charge in [0, 0.05) is 0 Å². The van der Waals surface area contributed by atoms with Crippen LogP contribution in [-0.2, 0) is 0 Å². The molecule has 0 bridgehead atoms. The summed E-state index contributed by atoms with van der Waals surface area (Å²) in [7, 11) is 0. The lowest BCUT2D eigenvalue weighted by molar-refractivity contribution is 0.381. The molecule has 19 heavy (non-hydrogen) atoms. The number of rotatable bonds is 4. The summed E-state index contributed by atoms with van der Waals surface area (Å²) in [5.41, 5.74) is 5.47. The van der Waals surface area contributed by atoms with E-state index < -0.39 is 0 Å². The fourth-order valence-corrected chi connectivity index (χ4v) is 2.84. The van der Waals surface area contributed by atoms with Crippen LogP contribution in [0.15, 0.2) is 27.2 Å². The van der Waals surface area contributed by atoms with Crippen LogP contribution in [0.3, 0.4) is 0 Å². The van der Waals surface area contributed by atoms with E-state index in [0.29, 0.717) is 22.8 Å². The van der Waals surface area contributed by atoms with E-state index in [1.54, 1.807) is 11.3 Å². The first-order chi connectivity index (χ1) is 9.22. The fourth-order valence-electron chi connectivity index (χ4n) is 1.43. The number of anilines is 1. The summed E-state index contributed by atoms with van der Waals surface area (Å²) in [4.78, 5) is 9.37. The van der Waals surface area contributed by atoms with Crippen molar-refractivity contribution in [1.29, 1.82) is 0 Å². The van der Waals surface area contributed by atoms with E-state index in [9.17, 15) is 0 Å². The minimum Gasteiger partial charge on any atom is -0.368 e. The summed E-state index contributed by atoms with van der Waals surface area (Å²) in [6.07, 6.45) is 0. The molecule has 1 unspecified atom stereocenters. The van der Waals surface area contributed by atoms with Crippen LogP contribution in [-0.4, -0.2) is 25.3 Å². The van der Waals surface area contributed by atoms with Crippen molar-refractivity contribution in [2.45, 2.75) is 17.3 Å². The number of thiophene rings is 1. The zero-order valence-electron chi connectivity index (χ0n) is 9.90. The van der Waals surface area contributed by atoms with Crippen molar-refractivity contribution >= 4 is 29.0 Å². The molecule has 0 aliphatic heterocycles. The normalized spacial score (nSPS) is 12.7. The Labute approximate surface area is 116 Å². The third-order valence-corrected chi connectivity index (χ3v) is 4.11. The zero-order chi connectivity index (χ0) is 13.2. The zero-order valence-corrected chi connectivity index (χ0v) is 11.5. The summed E-state index contributed by atoms with van der Waals surface area (Å²) in [6, 6.07) is 3.90. The van der Waals surface area contributed by atoms with Crippen molar-refractivity contribution in [2.24, 2.45) is 0 Å².